The van der Waals surface area contributed by atoms with E-state index in [4.69, 9.17) is 0 Å². The highest BCUT2D eigenvalue weighted by Crippen LogP contribution is 2.37. The summed E-state index contributed by atoms with van der Waals surface area (Å²) in [7, 11) is 2.18. The lowest BCUT2D eigenvalue weighted by molar-refractivity contribution is 0.623. The van der Waals surface area contributed by atoms with Gasteiger partial charge in [-0.15, -0.1) is 0 Å². The van der Waals surface area contributed by atoms with Gasteiger partial charge in [-0.25, -0.2) is 0 Å². The zero-order valence-corrected chi connectivity index (χ0v) is 13.0. The van der Waals surface area contributed by atoms with Crippen LogP contribution in [0.4, 0.5) is 0 Å². The summed E-state index contributed by atoms with van der Waals surface area (Å²) >= 11 is 0. The van der Waals surface area contributed by atoms with Crippen LogP contribution in [0.15, 0.2) is 66.7 Å². The first kappa shape index (κ1) is 13.4. The predicted molar refractivity (Wildman–Crippen MR) is 93.9 cm³/mol. The zero-order valence-electron chi connectivity index (χ0n) is 13.0. The molecule has 2 aromatic carbocycles. The first-order valence-corrected chi connectivity index (χ1v) is 8.12. The van der Waals surface area contributed by atoms with Crippen molar-refractivity contribution in [2.75, 3.05) is 0 Å². The Kier molecular flexibility index (Phi) is 3.34. The number of hydrogen-bond donors (Lipinski definition) is 0. The molecule has 1 heteroatoms. The van der Waals surface area contributed by atoms with Crippen molar-refractivity contribution in [3.05, 3.63) is 78.0 Å². The fraction of sp³-hybridized carbons (Fsp3) is 0.238. The number of aryl methyl sites for hydroxylation is 1. The molecule has 1 aliphatic carbocycles. The van der Waals surface area contributed by atoms with E-state index in [2.05, 4.69) is 78.4 Å². The molecular formula is C21H21N. The minimum Gasteiger partial charge on any atom is -0.344 e. The van der Waals surface area contributed by atoms with Crippen molar-refractivity contribution in [2.45, 2.75) is 25.2 Å². The second kappa shape index (κ2) is 5.49. The molecule has 1 aliphatic rings. The summed E-state index contributed by atoms with van der Waals surface area (Å²) in [5, 5.41) is 1.34. The maximum Gasteiger partial charge on any atom is 0.0482 e. The van der Waals surface area contributed by atoms with Gasteiger partial charge in [-0.1, -0.05) is 54.6 Å². The van der Waals surface area contributed by atoms with Gasteiger partial charge in [-0.3, -0.25) is 0 Å². The Hall–Kier alpha value is -2.28. The van der Waals surface area contributed by atoms with Crippen LogP contribution in [-0.2, 0) is 7.05 Å². The summed E-state index contributed by atoms with van der Waals surface area (Å²) in [6.07, 6.45) is 6.03. The van der Waals surface area contributed by atoms with E-state index in [9.17, 15) is 0 Å². The van der Waals surface area contributed by atoms with Crippen LogP contribution in [0.1, 0.15) is 36.4 Å². The van der Waals surface area contributed by atoms with Crippen molar-refractivity contribution < 1.29 is 0 Å². The van der Waals surface area contributed by atoms with Crippen LogP contribution < -0.4 is 0 Å². The fourth-order valence-corrected chi connectivity index (χ4v) is 3.69. The van der Waals surface area contributed by atoms with Gasteiger partial charge in [0.05, 0.1) is 0 Å². The average molecular weight is 287 g/mol. The normalized spacial score (nSPS) is 18.4. The van der Waals surface area contributed by atoms with E-state index < -0.39 is 0 Å². The van der Waals surface area contributed by atoms with Crippen LogP contribution in [-0.4, -0.2) is 4.57 Å². The lowest BCUT2D eigenvalue weighted by Gasteiger charge is -2.22. The van der Waals surface area contributed by atoms with E-state index in [1.54, 1.807) is 0 Å². The second-order valence-corrected chi connectivity index (χ2v) is 6.26. The lowest BCUT2D eigenvalue weighted by Crippen LogP contribution is -2.05. The van der Waals surface area contributed by atoms with Gasteiger partial charge >= 0.3 is 0 Å². The van der Waals surface area contributed by atoms with Gasteiger partial charge in [0.1, 0.15) is 0 Å². The highest BCUT2D eigenvalue weighted by molar-refractivity contribution is 5.85. The molecule has 1 heterocycles. The molecule has 3 aromatic rings. The maximum absolute atomic E-state index is 2.45. The van der Waals surface area contributed by atoms with Crippen molar-refractivity contribution in [3.63, 3.8) is 0 Å². The van der Waals surface area contributed by atoms with Gasteiger partial charge in [0.2, 0.25) is 0 Å². The molecule has 4 rings (SSSR count). The van der Waals surface area contributed by atoms with Crippen LogP contribution in [0.25, 0.3) is 16.5 Å². The molecule has 0 spiro atoms. The molecule has 0 saturated heterocycles. The van der Waals surface area contributed by atoms with Gasteiger partial charge in [-0.05, 0) is 48.4 Å². The number of benzene rings is 2. The van der Waals surface area contributed by atoms with Crippen molar-refractivity contribution in [3.8, 4) is 0 Å². The SMILES string of the molecule is Cn1c(C2=CCC(c3ccccc3)CC2)cc2ccccc21. The number of nitrogens with zero attached hydrogens (tertiary/aromatic N) is 1. The number of hydrogen-bond acceptors (Lipinski definition) is 0. The van der Waals surface area contributed by atoms with Crippen molar-refractivity contribution in [2.24, 2.45) is 7.05 Å². The summed E-state index contributed by atoms with van der Waals surface area (Å²) in [4.78, 5) is 0. The van der Waals surface area contributed by atoms with Gasteiger partial charge in [-0.2, -0.15) is 0 Å². The van der Waals surface area contributed by atoms with E-state index >= 15 is 0 Å². The Morgan fingerprint density at radius 2 is 1.73 bits per heavy atom. The minimum atomic E-state index is 0.680. The van der Waals surface area contributed by atoms with Crippen molar-refractivity contribution >= 4 is 16.5 Å². The summed E-state index contributed by atoms with van der Waals surface area (Å²) in [6, 6.07) is 21.9. The number of allylic oxidation sites excluding steroid dienone is 2. The summed E-state index contributed by atoms with van der Waals surface area (Å²) < 4.78 is 2.34. The molecule has 0 N–H and O–H groups in total. The Labute approximate surface area is 131 Å². The molecule has 1 unspecified atom stereocenters. The molecule has 0 saturated carbocycles. The lowest BCUT2D eigenvalue weighted by atomic mass is 9.84. The minimum absolute atomic E-state index is 0.680. The van der Waals surface area contributed by atoms with Gasteiger partial charge in [0.15, 0.2) is 0 Å². The molecule has 0 aliphatic heterocycles. The highest BCUT2D eigenvalue weighted by Gasteiger charge is 2.18. The van der Waals surface area contributed by atoms with Crippen LogP contribution in [0.3, 0.4) is 0 Å². The number of para-hydroxylation sites is 1. The number of aromatic nitrogens is 1. The molecule has 0 amide bonds. The molecule has 22 heavy (non-hydrogen) atoms. The van der Waals surface area contributed by atoms with E-state index in [0.717, 1.165) is 6.42 Å². The molecule has 1 atom stereocenters. The molecule has 0 bridgehead atoms. The molecule has 0 radical (unpaired) electrons. The smallest absolute Gasteiger partial charge is 0.0482 e. The quantitative estimate of drug-likeness (QED) is 0.584. The Morgan fingerprint density at radius 3 is 2.45 bits per heavy atom. The number of rotatable bonds is 2. The van der Waals surface area contributed by atoms with Gasteiger partial charge < -0.3 is 4.57 Å². The molecule has 110 valence electrons. The van der Waals surface area contributed by atoms with Crippen LogP contribution in [0.2, 0.25) is 0 Å². The Morgan fingerprint density at radius 1 is 0.955 bits per heavy atom. The summed E-state index contributed by atoms with van der Waals surface area (Å²) in [5.74, 6) is 0.680. The molecule has 1 aromatic heterocycles. The third-order valence-corrected chi connectivity index (χ3v) is 4.96. The standard InChI is InChI=1S/C21H21N/c1-22-20-10-6-5-9-19(20)15-21(22)18-13-11-17(12-14-18)16-7-3-2-4-8-16/h2-10,13,15,17H,11-12,14H2,1H3. The van der Waals surface area contributed by atoms with E-state index in [1.165, 1.54) is 40.6 Å². The summed E-state index contributed by atoms with van der Waals surface area (Å²) in [5.41, 5.74) is 5.69. The molecule has 1 nitrogen and oxygen atoms in total. The van der Waals surface area contributed by atoms with Crippen LogP contribution in [0.5, 0.6) is 0 Å². The van der Waals surface area contributed by atoms with Crippen molar-refractivity contribution in [1.29, 1.82) is 0 Å². The summed E-state index contributed by atoms with van der Waals surface area (Å²) in [6.45, 7) is 0. The van der Waals surface area contributed by atoms with Crippen molar-refractivity contribution in [1.82, 2.24) is 4.57 Å². The van der Waals surface area contributed by atoms with E-state index in [1.807, 2.05) is 0 Å². The Balaban J connectivity index is 1.64. The Bertz CT molecular complexity index is 823. The first-order valence-electron chi connectivity index (χ1n) is 8.12. The van der Waals surface area contributed by atoms with E-state index in [-0.39, 0.29) is 0 Å². The predicted octanol–water partition coefficient (Wildman–Crippen LogP) is 5.53. The van der Waals surface area contributed by atoms with Crippen LogP contribution in [0, 0.1) is 0 Å². The third-order valence-electron chi connectivity index (χ3n) is 4.96. The van der Waals surface area contributed by atoms with Gasteiger partial charge in [0, 0.05) is 23.6 Å². The third kappa shape index (κ3) is 2.27. The monoisotopic (exact) mass is 287 g/mol. The topological polar surface area (TPSA) is 4.93 Å². The average Bonchev–Trinajstić information content (AvgIpc) is 2.93. The number of fused-ring (bicyclic) bond motifs is 1. The fourth-order valence-electron chi connectivity index (χ4n) is 3.69. The largest absolute Gasteiger partial charge is 0.344 e. The highest BCUT2D eigenvalue weighted by atomic mass is 14.9. The van der Waals surface area contributed by atoms with Crippen LogP contribution >= 0.6 is 0 Å². The molecular weight excluding hydrogens is 266 g/mol. The second-order valence-electron chi connectivity index (χ2n) is 6.26. The maximum atomic E-state index is 2.45. The van der Waals surface area contributed by atoms with E-state index in [0.29, 0.717) is 5.92 Å². The first-order chi connectivity index (χ1) is 10.8. The van der Waals surface area contributed by atoms with Gasteiger partial charge in [0.25, 0.3) is 0 Å². The zero-order chi connectivity index (χ0) is 14.9. The molecule has 0 fully saturated rings.